The largest absolute Gasteiger partial charge is 0.484 e. The first-order valence-electron chi connectivity index (χ1n) is 8.87. The highest BCUT2D eigenvalue weighted by atomic mass is 19.1. The summed E-state index contributed by atoms with van der Waals surface area (Å²) in [7, 11) is 0. The quantitative estimate of drug-likeness (QED) is 0.564. The van der Waals surface area contributed by atoms with Crippen molar-refractivity contribution in [1.29, 1.82) is 0 Å². The Balaban J connectivity index is 1.74. The van der Waals surface area contributed by atoms with Gasteiger partial charge in [-0.15, -0.1) is 0 Å². The maximum absolute atomic E-state index is 13.9. The van der Waals surface area contributed by atoms with Gasteiger partial charge in [-0.2, -0.15) is 0 Å². The molecule has 3 aromatic carbocycles. The van der Waals surface area contributed by atoms with Crippen LogP contribution < -0.4 is 9.64 Å². The topological polar surface area (TPSA) is 46.6 Å². The number of Topliss-reactive ketones (excluding diaryl/α,β-unsaturated/α-hetero) is 1. The molecular weight excluding hydrogens is 357 g/mol. The molecule has 0 atom stereocenters. The molecule has 0 N–H and O–H groups in total. The van der Waals surface area contributed by atoms with Crippen molar-refractivity contribution in [3.05, 3.63) is 95.8 Å². The van der Waals surface area contributed by atoms with Crippen molar-refractivity contribution in [2.75, 3.05) is 11.5 Å². The number of anilines is 1. The van der Waals surface area contributed by atoms with Gasteiger partial charge in [0.25, 0.3) is 5.91 Å². The molecule has 0 spiro atoms. The first-order valence-corrected chi connectivity index (χ1v) is 8.87. The average Bonchev–Trinajstić information content (AvgIpc) is 2.71. The molecule has 4 nitrogen and oxygen atoms in total. The average molecular weight is 377 g/mol. The Morgan fingerprint density at radius 1 is 0.929 bits per heavy atom. The summed E-state index contributed by atoms with van der Waals surface area (Å²) in [6.45, 7) is 1.44. The van der Waals surface area contributed by atoms with Crippen LogP contribution in [0.25, 0.3) is 0 Å². The van der Waals surface area contributed by atoms with Crippen molar-refractivity contribution in [2.45, 2.75) is 13.5 Å². The minimum atomic E-state index is -0.665. The van der Waals surface area contributed by atoms with Crippen molar-refractivity contribution in [3.63, 3.8) is 0 Å². The maximum Gasteiger partial charge on any atom is 0.265 e. The highest BCUT2D eigenvalue weighted by Gasteiger charge is 2.17. The van der Waals surface area contributed by atoms with Gasteiger partial charge in [0.15, 0.2) is 12.4 Å². The molecule has 142 valence electrons. The van der Waals surface area contributed by atoms with E-state index in [9.17, 15) is 14.0 Å². The first-order chi connectivity index (χ1) is 13.5. The Morgan fingerprint density at radius 2 is 1.57 bits per heavy atom. The van der Waals surface area contributed by atoms with Gasteiger partial charge in [-0.3, -0.25) is 9.59 Å². The third kappa shape index (κ3) is 4.82. The lowest BCUT2D eigenvalue weighted by molar-refractivity contribution is -0.120. The molecule has 0 saturated carbocycles. The van der Waals surface area contributed by atoms with E-state index in [1.165, 1.54) is 19.1 Å². The number of carbonyl (C=O) groups is 2. The van der Waals surface area contributed by atoms with Gasteiger partial charge >= 0.3 is 0 Å². The van der Waals surface area contributed by atoms with Gasteiger partial charge in [-0.25, -0.2) is 4.39 Å². The second-order valence-corrected chi connectivity index (χ2v) is 6.29. The number of ketones is 1. The third-order valence-electron chi connectivity index (χ3n) is 4.23. The van der Waals surface area contributed by atoms with E-state index in [-0.39, 0.29) is 29.6 Å². The van der Waals surface area contributed by atoms with Crippen LogP contribution in [0.5, 0.6) is 5.75 Å². The second-order valence-electron chi connectivity index (χ2n) is 6.29. The van der Waals surface area contributed by atoms with Gasteiger partial charge in [0.2, 0.25) is 0 Å². The zero-order valence-corrected chi connectivity index (χ0v) is 15.5. The summed E-state index contributed by atoms with van der Waals surface area (Å²) >= 11 is 0. The minimum Gasteiger partial charge on any atom is -0.484 e. The monoisotopic (exact) mass is 377 g/mol. The molecular formula is C23H20FNO3. The molecule has 0 aliphatic rings. The molecule has 0 aromatic heterocycles. The summed E-state index contributed by atoms with van der Waals surface area (Å²) in [5.74, 6) is -1.09. The van der Waals surface area contributed by atoms with Crippen molar-refractivity contribution in [1.82, 2.24) is 0 Å². The van der Waals surface area contributed by atoms with Gasteiger partial charge in [0, 0.05) is 11.8 Å². The standard InChI is InChI=1S/C23H20FNO3/c1-17(26)21-13-12-20(14-22(21)24)28-16-23(27)25(19-10-6-3-7-11-19)15-18-8-4-2-5-9-18/h2-14H,15-16H2,1H3. The summed E-state index contributed by atoms with van der Waals surface area (Å²) in [5.41, 5.74) is 1.73. The van der Waals surface area contributed by atoms with Crippen LogP contribution in [0.4, 0.5) is 10.1 Å². The van der Waals surface area contributed by atoms with E-state index in [1.807, 2.05) is 60.7 Å². The van der Waals surface area contributed by atoms with Crippen LogP contribution >= 0.6 is 0 Å². The molecule has 3 aromatic rings. The number of rotatable bonds is 7. The Morgan fingerprint density at radius 3 is 2.18 bits per heavy atom. The molecule has 0 bridgehead atoms. The van der Waals surface area contributed by atoms with Crippen molar-refractivity contribution in [3.8, 4) is 5.75 Å². The minimum absolute atomic E-state index is 0.00586. The lowest BCUT2D eigenvalue weighted by Gasteiger charge is -2.23. The van der Waals surface area contributed by atoms with Gasteiger partial charge in [-0.1, -0.05) is 48.5 Å². The van der Waals surface area contributed by atoms with Crippen LogP contribution in [-0.4, -0.2) is 18.3 Å². The molecule has 0 fully saturated rings. The number of nitrogens with zero attached hydrogens (tertiary/aromatic N) is 1. The second kappa shape index (κ2) is 8.95. The summed E-state index contributed by atoms with van der Waals surface area (Å²) in [6, 6.07) is 22.9. The summed E-state index contributed by atoms with van der Waals surface area (Å²) in [6.07, 6.45) is 0. The Kier molecular flexibility index (Phi) is 6.17. The molecule has 5 heteroatoms. The highest BCUT2D eigenvalue weighted by Crippen LogP contribution is 2.20. The lowest BCUT2D eigenvalue weighted by Crippen LogP contribution is -2.34. The molecule has 3 rings (SSSR count). The molecule has 0 unspecified atom stereocenters. The van der Waals surface area contributed by atoms with Gasteiger partial charge in [-0.05, 0) is 36.8 Å². The van der Waals surface area contributed by atoms with E-state index >= 15 is 0 Å². The smallest absolute Gasteiger partial charge is 0.265 e. The van der Waals surface area contributed by atoms with Crippen molar-refractivity contribution in [2.24, 2.45) is 0 Å². The normalized spacial score (nSPS) is 10.4. The van der Waals surface area contributed by atoms with Crippen LogP contribution in [0.2, 0.25) is 0 Å². The van der Waals surface area contributed by atoms with E-state index in [0.717, 1.165) is 17.3 Å². The first kappa shape index (κ1) is 19.3. The third-order valence-corrected chi connectivity index (χ3v) is 4.23. The predicted octanol–water partition coefficient (Wildman–Crippen LogP) is 4.64. The summed E-state index contributed by atoms with van der Waals surface area (Å²) in [4.78, 5) is 25.8. The lowest BCUT2D eigenvalue weighted by atomic mass is 10.1. The van der Waals surface area contributed by atoms with Gasteiger partial charge < -0.3 is 9.64 Å². The fourth-order valence-corrected chi connectivity index (χ4v) is 2.79. The summed E-state index contributed by atoms with van der Waals surface area (Å²) < 4.78 is 19.4. The molecule has 0 aliphatic carbocycles. The maximum atomic E-state index is 13.9. The fraction of sp³-hybridized carbons (Fsp3) is 0.130. The van der Waals surface area contributed by atoms with Crippen molar-refractivity contribution < 1.29 is 18.7 Å². The Labute approximate surface area is 163 Å². The molecule has 1 amide bonds. The SMILES string of the molecule is CC(=O)c1ccc(OCC(=O)N(Cc2ccccc2)c2ccccc2)cc1F. The predicted molar refractivity (Wildman–Crippen MR) is 106 cm³/mol. The summed E-state index contributed by atoms with van der Waals surface area (Å²) in [5, 5.41) is 0. The van der Waals surface area contributed by atoms with E-state index in [1.54, 1.807) is 4.90 Å². The molecule has 0 aliphatic heterocycles. The zero-order valence-electron chi connectivity index (χ0n) is 15.5. The van der Waals surface area contributed by atoms with Gasteiger partial charge in [0.1, 0.15) is 11.6 Å². The van der Waals surface area contributed by atoms with E-state index in [0.29, 0.717) is 6.54 Å². The van der Waals surface area contributed by atoms with E-state index < -0.39 is 5.82 Å². The molecule has 0 saturated heterocycles. The van der Waals surface area contributed by atoms with E-state index in [4.69, 9.17) is 4.74 Å². The Bertz CT molecular complexity index is 958. The molecule has 0 heterocycles. The zero-order chi connectivity index (χ0) is 19.9. The molecule has 28 heavy (non-hydrogen) atoms. The fourth-order valence-electron chi connectivity index (χ4n) is 2.79. The van der Waals surface area contributed by atoms with Crippen molar-refractivity contribution >= 4 is 17.4 Å². The number of ether oxygens (including phenoxy) is 1. The van der Waals surface area contributed by atoms with Crippen LogP contribution in [0.1, 0.15) is 22.8 Å². The Hall–Kier alpha value is -3.47. The van der Waals surface area contributed by atoms with Gasteiger partial charge in [0.05, 0.1) is 12.1 Å². The van der Waals surface area contributed by atoms with Crippen LogP contribution in [0.15, 0.2) is 78.9 Å². The number of hydrogen-bond acceptors (Lipinski definition) is 3. The molecule has 0 radical (unpaired) electrons. The van der Waals surface area contributed by atoms with Crippen LogP contribution in [0, 0.1) is 5.82 Å². The number of hydrogen-bond donors (Lipinski definition) is 0. The van der Waals surface area contributed by atoms with Crippen LogP contribution in [-0.2, 0) is 11.3 Å². The highest BCUT2D eigenvalue weighted by molar-refractivity contribution is 5.95. The number of para-hydroxylation sites is 1. The number of benzene rings is 3. The van der Waals surface area contributed by atoms with Crippen LogP contribution in [0.3, 0.4) is 0 Å². The number of amides is 1. The number of carbonyl (C=O) groups excluding carboxylic acids is 2. The van der Waals surface area contributed by atoms with E-state index in [2.05, 4.69) is 0 Å². The number of halogens is 1.